The van der Waals surface area contributed by atoms with Crippen molar-refractivity contribution in [1.29, 1.82) is 0 Å². The highest BCUT2D eigenvalue weighted by molar-refractivity contribution is 6.42. The van der Waals surface area contributed by atoms with Crippen molar-refractivity contribution in [2.45, 2.75) is 0 Å². The summed E-state index contributed by atoms with van der Waals surface area (Å²) in [4.78, 5) is 17.2. The lowest BCUT2D eigenvalue weighted by atomic mass is 10.2. The first-order valence-corrected chi connectivity index (χ1v) is 9.63. The monoisotopic (exact) mass is 397 g/mol. The first-order chi connectivity index (χ1) is 13.2. The van der Waals surface area contributed by atoms with Gasteiger partial charge >= 0.3 is 0 Å². The number of halogens is 2. The van der Waals surface area contributed by atoms with Crippen LogP contribution < -0.4 is 9.80 Å². The van der Waals surface area contributed by atoms with Gasteiger partial charge in [-0.15, -0.1) is 0 Å². The number of rotatable bonds is 2. The van der Waals surface area contributed by atoms with Crippen LogP contribution in [0.15, 0.2) is 48.8 Å². The van der Waals surface area contributed by atoms with Gasteiger partial charge in [0.25, 0.3) is 0 Å². The fourth-order valence-corrected chi connectivity index (χ4v) is 4.02. The van der Waals surface area contributed by atoms with Gasteiger partial charge in [0.1, 0.15) is 17.4 Å². The Morgan fingerprint density at radius 2 is 1.63 bits per heavy atom. The van der Waals surface area contributed by atoms with Gasteiger partial charge in [0.15, 0.2) is 5.82 Å². The van der Waals surface area contributed by atoms with Crippen molar-refractivity contribution in [3.05, 3.63) is 58.8 Å². The largest absolute Gasteiger partial charge is 0.368 e. The van der Waals surface area contributed by atoms with E-state index in [4.69, 9.17) is 23.2 Å². The van der Waals surface area contributed by atoms with Crippen LogP contribution in [-0.4, -0.2) is 41.1 Å². The second-order valence-electron chi connectivity index (χ2n) is 6.66. The smallest absolute Gasteiger partial charge is 0.156 e. The molecule has 1 N–H and O–H groups in total. The van der Waals surface area contributed by atoms with Gasteiger partial charge in [-0.05, 0) is 24.3 Å². The molecular weight excluding hydrogens is 381 g/mol. The van der Waals surface area contributed by atoms with E-state index in [0.717, 1.165) is 59.6 Å². The minimum atomic E-state index is 0.584. The lowest BCUT2D eigenvalue weighted by Gasteiger charge is -2.36. The molecule has 2 aromatic carbocycles. The van der Waals surface area contributed by atoms with E-state index in [1.807, 2.05) is 30.3 Å². The summed E-state index contributed by atoms with van der Waals surface area (Å²) in [5.41, 5.74) is 4.16. The SMILES string of the molecule is Clc1ccc(N2CCN(c3ncnc4c3[nH]c3ccccc34)CC2)cc1Cl. The molecule has 0 spiro atoms. The zero-order chi connectivity index (χ0) is 18.4. The third-order valence-corrected chi connectivity index (χ3v) is 5.86. The predicted octanol–water partition coefficient (Wildman–Crippen LogP) is 4.74. The number of nitrogens with one attached hydrogen (secondary N) is 1. The number of H-pyrrole nitrogens is 1. The molecule has 0 bridgehead atoms. The summed E-state index contributed by atoms with van der Waals surface area (Å²) in [6, 6.07) is 14.0. The van der Waals surface area contributed by atoms with Crippen molar-refractivity contribution in [2.24, 2.45) is 0 Å². The molecule has 1 saturated heterocycles. The number of benzene rings is 2. The van der Waals surface area contributed by atoms with Gasteiger partial charge < -0.3 is 14.8 Å². The molecule has 3 heterocycles. The second kappa shape index (κ2) is 6.59. The first kappa shape index (κ1) is 16.7. The highest BCUT2D eigenvalue weighted by atomic mass is 35.5. The molecule has 7 heteroatoms. The van der Waals surface area contributed by atoms with Gasteiger partial charge in [0.2, 0.25) is 0 Å². The number of aromatic nitrogens is 3. The van der Waals surface area contributed by atoms with Crippen molar-refractivity contribution in [1.82, 2.24) is 15.0 Å². The average molecular weight is 398 g/mol. The maximum atomic E-state index is 6.17. The zero-order valence-electron chi connectivity index (χ0n) is 14.5. The minimum Gasteiger partial charge on any atom is -0.368 e. The highest BCUT2D eigenvalue weighted by Gasteiger charge is 2.22. The Kier molecular flexibility index (Phi) is 4.06. The van der Waals surface area contributed by atoms with Crippen LogP contribution in [0, 0.1) is 0 Å². The predicted molar refractivity (Wildman–Crippen MR) is 112 cm³/mol. The molecule has 27 heavy (non-hydrogen) atoms. The molecule has 5 nitrogen and oxygen atoms in total. The van der Waals surface area contributed by atoms with Crippen LogP contribution in [0.5, 0.6) is 0 Å². The highest BCUT2D eigenvalue weighted by Crippen LogP contribution is 2.31. The van der Waals surface area contributed by atoms with Gasteiger partial charge in [-0.25, -0.2) is 9.97 Å². The molecule has 0 radical (unpaired) electrons. The Morgan fingerprint density at radius 1 is 0.852 bits per heavy atom. The Bertz CT molecular complexity index is 1130. The number of hydrogen-bond donors (Lipinski definition) is 1. The van der Waals surface area contributed by atoms with Gasteiger partial charge in [-0.3, -0.25) is 0 Å². The summed E-state index contributed by atoms with van der Waals surface area (Å²) in [5, 5.41) is 2.30. The van der Waals surface area contributed by atoms with Crippen molar-refractivity contribution in [3.63, 3.8) is 0 Å². The molecule has 0 atom stereocenters. The molecule has 4 aromatic rings. The van der Waals surface area contributed by atoms with Crippen LogP contribution in [0.4, 0.5) is 11.5 Å². The molecule has 1 aliphatic rings. The summed E-state index contributed by atoms with van der Waals surface area (Å²) in [6.45, 7) is 3.54. The number of piperazine rings is 1. The van der Waals surface area contributed by atoms with E-state index >= 15 is 0 Å². The number of fused-ring (bicyclic) bond motifs is 3. The fraction of sp³-hybridized carbons (Fsp3) is 0.200. The molecule has 136 valence electrons. The quantitative estimate of drug-likeness (QED) is 0.530. The lowest BCUT2D eigenvalue weighted by molar-refractivity contribution is 0.648. The fourth-order valence-electron chi connectivity index (χ4n) is 3.73. The number of aromatic amines is 1. The van der Waals surface area contributed by atoms with E-state index in [2.05, 4.69) is 36.9 Å². The maximum absolute atomic E-state index is 6.17. The molecule has 0 unspecified atom stereocenters. The topological polar surface area (TPSA) is 48.1 Å². The molecular formula is C20H17Cl2N5. The van der Waals surface area contributed by atoms with Gasteiger partial charge in [-0.1, -0.05) is 41.4 Å². The number of para-hydroxylation sites is 1. The molecule has 0 saturated carbocycles. The summed E-state index contributed by atoms with van der Waals surface area (Å²) in [6.07, 6.45) is 1.66. The molecule has 5 rings (SSSR count). The molecule has 1 fully saturated rings. The van der Waals surface area contributed by atoms with E-state index < -0.39 is 0 Å². The van der Waals surface area contributed by atoms with Crippen molar-refractivity contribution < 1.29 is 0 Å². The van der Waals surface area contributed by atoms with Crippen molar-refractivity contribution in [2.75, 3.05) is 36.0 Å². The Labute approximate surface area is 166 Å². The number of nitrogens with zero attached hydrogens (tertiary/aromatic N) is 4. The number of anilines is 2. The van der Waals surface area contributed by atoms with Crippen LogP contribution in [0.2, 0.25) is 10.0 Å². The van der Waals surface area contributed by atoms with Gasteiger partial charge in [0, 0.05) is 42.8 Å². The van der Waals surface area contributed by atoms with Gasteiger partial charge in [-0.2, -0.15) is 0 Å². The summed E-state index contributed by atoms with van der Waals surface area (Å²) in [7, 11) is 0. The Hall–Kier alpha value is -2.50. The summed E-state index contributed by atoms with van der Waals surface area (Å²) in [5.74, 6) is 0.963. The average Bonchev–Trinajstić information content (AvgIpc) is 3.09. The van der Waals surface area contributed by atoms with Crippen molar-refractivity contribution in [3.8, 4) is 0 Å². The molecule has 2 aromatic heterocycles. The second-order valence-corrected chi connectivity index (χ2v) is 7.48. The first-order valence-electron chi connectivity index (χ1n) is 8.87. The van der Waals surface area contributed by atoms with Crippen molar-refractivity contribution >= 4 is 56.6 Å². The summed E-state index contributed by atoms with van der Waals surface area (Å²) < 4.78 is 0. The van der Waals surface area contributed by atoms with E-state index in [1.165, 1.54) is 0 Å². The van der Waals surface area contributed by atoms with Crippen LogP contribution in [0.1, 0.15) is 0 Å². The van der Waals surface area contributed by atoms with E-state index in [1.54, 1.807) is 6.33 Å². The van der Waals surface area contributed by atoms with E-state index in [-0.39, 0.29) is 0 Å². The zero-order valence-corrected chi connectivity index (χ0v) is 16.0. The molecule has 1 aliphatic heterocycles. The van der Waals surface area contributed by atoms with E-state index in [0.29, 0.717) is 10.0 Å². The third kappa shape index (κ3) is 2.87. The van der Waals surface area contributed by atoms with Crippen LogP contribution in [-0.2, 0) is 0 Å². The summed E-state index contributed by atoms with van der Waals surface area (Å²) >= 11 is 12.2. The minimum absolute atomic E-state index is 0.584. The van der Waals surface area contributed by atoms with Crippen LogP contribution in [0.3, 0.4) is 0 Å². The van der Waals surface area contributed by atoms with Crippen LogP contribution >= 0.6 is 23.2 Å². The number of hydrogen-bond acceptors (Lipinski definition) is 4. The standard InChI is InChI=1S/C20H17Cl2N5/c21-15-6-5-13(11-16(15)22)26-7-9-27(10-8-26)20-19-18(23-12-24-20)14-3-1-2-4-17(14)25-19/h1-6,11-12,25H,7-10H2. The third-order valence-electron chi connectivity index (χ3n) is 5.12. The van der Waals surface area contributed by atoms with Crippen LogP contribution in [0.25, 0.3) is 21.9 Å². The van der Waals surface area contributed by atoms with Gasteiger partial charge in [0.05, 0.1) is 10.0 Å². The lowest BCUT2D eigenvalue weighted by Crippen LogP contribution is -2.47. The molecule has 0 amide bonds. The maximum Gasteiger partial charge on any atom is 0.156 e. The normalized spacial score (nSPS) is 15.0. The Balaban J connectivity index is 1.43. The Morgan fingerprint density at radius 3 is 2.44 bits per heavy atom. The van der Waals surface area contributed by atoms with E-state index in [9.17, 15) is 0 Å². The molecule has 0 aliphatic carbocycles.